The number of benzene rings is 1. The quantitative estimate of drug-likeness (QED) is 0.778. The Kier molecular flexibility index (Phi) is 5.01. The highest BCUT2D eigenvalue weighted by Crippen LogP contribution is 2.31. The van der Waals surface area contributed by atoms with Crippen molar-refractivity contribution in [2.24, 2.45) is 0 Å². The van der Waals surface area contributed by atoms with E-state index in [0.717, 1.165) is 22.8 Å². The summed E-state index contributed by atoms with van der Waals surface area (Å²) in [5.74, 6) is 2.53. The third kappa shape index (κ3) is 3.59. The molecule has 2 rings (SSSR count). The first-order valence-electron chi connectivity index (χ1n) is 6.29. The molecule has 1 aromatic heterocycles. The first kappa shape index (κ1) is 13.6. The summed E-state index contributed by atoms with van der Waals surface area (Å²) in [6.45, 7) is 1.81. The minimum absolute atomic E-state index is 0.525. The first-order valence-corrected chi connectivity index (χ1v) is 6.29. The number of nitrogens with one attached hydrogen (secondary N) is 1. The second-order valence-electron chi connectivity index (χ2n) is 4.13. The standard InChI is InChI=1S/C15H19NO3/c1-16-11-12-7-8-15(19-12)13-5-3-4-6-14(13)18-10-9-17-2/h3-8,16H,9-11H2,1-2H3. The van der Waals surface area contributed by atoms with Crippen molar-refractivity contribution in [3.05, 3.63) is 42.2 Å². The lowest BCUT2D eigenvalue weighted by atomic mass is 10.1. The molecular weight excluding hydrogens is 242 g/mol. The van der Waals surface area contributed by atoms with Crippen LogP contribution in [0.5, 0.6) is 5.75 Å². The molecule has 19 heavy (non-hydrogen) atoms. The Balaban J connectivity index is 2.17. The maximum absolute atomic E-state index is 5.78. The van der Waals surface area contributed by atoms with Crippen LogP contribution in [0.4, 0.5) is 0 Å². The van der Waals surface area contributed by atoms with Crippen LogP contribution in [0.25, 0.3) is 11.3 Å². The van der Waals surface area contributed by atoms with Crippen LogP contribution < -0.4 is 10.1 Å². The Hall–Kier alpha value is -1.78. The maximum Gasteiger partial charge on any atom is 0.138 e. The molecule has 0 fully saturated rings. The van der Waals surface area contributed by atoms with Crippen molar-refractivity contribution in [1.82, 2.24) is 5.32 Å². The Morgan fingerprint density at radius 1 is 1.11 bits per heavy atom. The Bertz CT molecular complexity index is 508. The normalized spacial score (nSPS) is 10.6. The van der Waals surface area contributed by atoms with E-state index in [-0.39, 0.29) is 0 Å². The van der Waals surface area contributed by atoms with Gasteiger partial charge < -0.3 is 19.2 Å². The van der Waals surface area contributed by atoms with Gasteiger partial charge in [0.05, 0.1) is 18.7 Å². The zero-order chi connectivity index (χ0) is 13.5. The van der Waals surface area contributed by atoms with Crippen molar-refractivity contribution in [1.29, 1.82) is 0 Å². The van der Waals surface area contributed by atoms with Gasteiger partial charge in [-0.05, 0) is 31.3 Å². The Morgan fingerprint density at radius 2 is 1.95 bits per heavy atom. The largest absolute Gasteiger partial charge is 0.490 e. The number of furan rings is 1. The van der Waals surface area contributed by atoms with Crippen LogP contribution in [0.3, 0.4) is 0 Å². The van der Waals surface area contributed by atoms with Crippen molar-refractivity contribution in [3.63, 3.8) is 0 Å². The zero-order valence-electron chi connectivity index (χ0n) is 11.3. The van der Waals surface area contributed by atoms with Gasteiger partial charge in [0.2, 0.25) is 0 Å². The predicted octanol–water partition coefficient (Wildman–Crippen LogP) is 2.69. The van der Waals surface area contributed by atoms with Crippen LogP contribution in [0.1, 0.15) is 5.76 Å². The highest BCUT2D eigenvalue weighted by molar-refractivity contribution is 5.65. The van der Waals surface area contributed by atoms with Gasteiger partial charge in [-0.25, -0.2) is 0 Å². The lowest BCUT2D eigenvalue weighted by Gasteiger charge is -2.09. The molecule has 0 amide bonds. The van der Waals surface area contributed by atoms with Gasteiger partial charge in [0.1, 0.15) is 23.9 Å². The average molecular weight is 261 g/mol. The molecule has 0 saturated carbocycles. The number of hydrogen-bond donors (Lipinski definition) is 1. The predicted molar refractivity (Wildman–Crippen MR) is 74.3 cm³/mol. The molecule has 0 bridgehead atoms. The Morgan fingerprint density at radius 3 is 2.74 bits per heavy atom. The highest BCUT2D eigenvalue weighted by Gasteiger charge is 2.10. The van der Waals surface area contributed by atoms with Gasteiger partial charge in [-0.3, -0.25) is 0 Å². The summed E-state index contributed by atoms with van der Waals surface area (Å²) in [5, 5.41) is 3.06. The molecule has 0 unspecified atom stereocenters. The van der Waals surface area contributed by atoms with E-state index in [1.165, 1.54) is 0 Å². The number of methoxy groups -OCH3 is 1. The van der Waals surface area contributed by atoms with Crippen LogP contribution in [0.15, 0.2) is 40.8 Å². The Labute approximate surface area is 113 Å². The molecule has 0 saturated heterocycles. The number of hydrogen-bond acceptors (Lipinski definition) is 4. The summed E-state index contributed by atoms with van der Waals surface area (Å²) in [6, 6.07) is 11.8. The van der Waals surface area contributed by atoms with Crippen molar-refractivity contribution in [2.45, 2.75) is 6.54 Å². The number of para-hydroxylation sites is 1. The van der Waals surface area contributed by atoms with Crippen LogP contribution in [0, 0.1) is 0 Å². The summed E-state index contributed by atoms with van der Waals surface area (Å²) < 4.78 is 16.5. The minimum atomic E-state index is 0.525. The average Bonchev–Trinajstić information content (AvgIpc) is 2.89. The molecule has 0 atom stereocenters. The molecule has 1 aromatic carbocycles. The van der Waals surface area contributed by atoms with E-state index in [1.807, 2.05) is 43.4 Å². The van der Waals surface area contributed by atoms with Gasteiger partial charge in [-0.2, -0.15) is 0 Å². The molecule has 102 valence electrons. The molecule has 4 nitrogen and oxygen atoms in total. The van der Waals surface area contributed by atoms with Gasteiger partial charge in [-0.15, -0.1) is 0 Å². The first-order chi connectivity index (χ1) is 9.35. The molecule has 0 aliphatic rings. The number of rotatable bonds is 7. The molecule has 4 heteroatoms. The van der Waals surface area contributed by atoms with Crippen molar-refractivity contribution in [2.75, 3.05) is 27.4 Å². The van der Waals surface area contributed by atoms with E-state index in [9.17, 15) is 0 Å². The van der Waals surface area contributed by atoms with Crippen molar-refractivity contribution < 1.29 is 13.9 Å². The van der Waals surface area contributed by atoms with E-state index >= 15 is 0 Å². The van der Waals surface area contributed by atoms with Gasteiger partial charge in [0.15, 0.2) is 0 Å². The molecule has 0 radical (unpaired) electrons. The summed E-state index contributed by atoms with van der Waals surface area (Å²) in [5.41, 5.74) is 0.959. The molecular formula is C15H19NO3. The smallest absolute Gasteiger partial charge is 0.138 e. The molecule has 0 aliphatic heterocycles. The van der Waals surface area contributed by atoms with Crippen LogP contribution >= 0.6 is 0 Å². The zero-order valence-corrected chi connectivity index (χ0v) is 11.3. The summed E-state index contributed by atoms with van der Waals surface area (Å²) in [7, 11) is 3.55. The topological polar surface area (TPSA) is 43.6 Å². The summed E-state index contributed by atoms with van der Waals surface area (Å²) >= 11 is 0. The molecule has 1 N–H and O–H groups in total. The van der Waals surface area contributed by atoms with E-state index in [2.05, 4.69) is 5.32 Å². The van der Waals surface area contributed by atoms with Gasteiger partial charge in [0, 0.05) is 7.11 Å². The monoisotopic (exact) mass is 261 g/mol. The number of ether oxygens (including phenoxy) is 2. The van der Waals surface area contributed by atoms with E-state index in [4.69, 9.17) is 13.9 Å². The molecule has 0 spiro atoms. The fourth-order valence-electron chi connectivity index (χ4n) is 1.82. The molecule has 2 aromatic rings. The summed E-state index contributed by atoms with van der Waals surface area (Å²) in [4.78, 5) is 0. The van der Waals surface area contributed by atoms with Gasteiger partial charge in [-0.1, -0.05) is 12.1 Å². The SMILES string of the molecule is CNCc1ccc(-c2ccccc2OCCOC)o1. The second kappa shape index (κ2) is 6.97. The van der Waals surface area contributed by atoms with Gasteiger partial charge in [0.25, 0.3) is 0 Å². The van der Waals surface area contributed by atoms with Crippen molar-refractivity contribution in [3.8, 4) is 17.1 Å². The lowest BCUT2D eigenvalue weighted by molar-refractivity contribution is 0.146. The highest BCUT2D eigenvalue weighted by atomic mass is 16.5. The minimum Gasteiger partial charge on any atom is -0.490 e. The van der Waals surface area contributed by atoms with E-state index < -0.39 is 0 Å². The third-order valence-electron chi connectivity index (χ3n) is 2.71. The lowest BCUT2D eigenvalue weighted by Crippen LogP contribution is -2.05. The summed E-state index contributed by atoms with van der Waals surface area (Å²) in [6.07, 6.45) is 0. The van der Waals surface area contributed by atoms with E-state index in [1.54, 1.807) is 7.11 Å². The second-order valence-corrected chi connectivity index (χ2v) is 4.13. The molecule has 1 heterocycles. The fourth-order valence-corrected chi connectivity index (χ4v) is 1.82. The van der Waals surface area contributed by atoms with Crippen LogP contribution in [0.2, 0.25) is 0 Å². The fraction of sp³-hybridized carbons (Fsp3) is 0.333. The third-order valence-corrected chi connectivity index (χ3v) is 2.71. The van der Waals surface area contributed by atoms with E-state index in [0.29, 0.717) is 19.8 Å². The molecule has 0 aliphatic carbocycles. The van der Waals surface area contributed by atoms with Crippen LogP contribution in [-0.2, 0) is 11.3 Å². The van der Waals surface area contributed by atoms with Crippen LogP contribution in [-0.4, -0.2) is 27.4 Å². The van der Waals surface area contributed by atoms with Crippen molar-refractivity contribution >= 4 is 0 Å². The maximum atomic E-state index is 5.78. The van der Waals surface area contributed by atoms with Gasteiger partial charge >= 0.3 is 0 Å².